The fraction of sp³-hybridized carbons (Fsp3) is 0.267. The molecular formula is C15H15Br2NO. The lowest BCUT2D eigenvalue weighted by Gasteiger charge is -2.14. The Kier molecular flexibility index (Phi) is 4.76. The number of aromatic nitrogens is 1. The zero-order valence-electron chi connectivity index (χ0n) is 10.8. The molecule has 1 heterocycles. The van der Waals surface area contributed by atoms with E-state index in [4.69, 9.17) is 0 Å². The minimum Gasteiger partial charge on any atom is -0.382 e. The van der Waals surface area contributed by atoms with Crippen molar-refractivity contribution in [2.24, 2.45) is 0 Å². The van der Waals surface area contributed by atoms with Crippen molar-refractivity contribution in [1.82, 2.24) is 4.98 Å². The second-order valence-corrected chi connectivity index (χ2v) is 6.51. The number of aliphatic hydroxyl groups is 1. The van der Waals surface area contributed by atoms with Crippen molar-refractivity contribution in [1.29, 1.82) is 0 Å². The summed E-state index contributed by atoms with van der Waals surface area (Å²) in [5, 5.41) is 10.4. The van der Waals surface area contributed by atoms with Crippen molar-refractivity contribution in [2.45, 2.75) is 25.9 Å². The maximum Gasteiger partial charge on any atom is 0.122 e. The highest BCUT2D eigenvalue weighted by atomic mass is 79.9. The molecule has 1 aromatic carbocycles. The molecule has 2 nitrogen and oxygen atoms in total. The van der Waals surface area contributed by atoms with Crippen LogP contribution in [-0.2, 0) is 0 Å². The molecule has 0 spiro atoms. The summed E-state index contributed by atoms with van der Waals surface area (Å²) in [7, 11) is 0. The van der Waals surface area contributed by atoms with Gasteiger partial charge in [0.1, 0.15) is 6.10 Å². The number of rotatable bonds is 3. The third-order valence-corrected chi connectivity index (χ3v) is 4.08. The van der Waals surface area contributed by atoms with Gasteiger partial charge in [0, 0.05) is 15.1 Å². The van der Waals surface area contributed by atoms with Crippen molar-refractivity contribution in [3.05, 3.63) is 62.3 Å². The number of benzene rings is 1. The Morgan fingerprint density at radius 1 is 1.05 bits per heavy atom. The molecule has 0 radical (unpaired) electrons. The van der Waals surface area contributed by atoms with Crippen LogP contribution >= 0.6 is 31.9 Å². The van der Waals surface area contributed by atoms with E-state index in [1.807, 2.05) is 18.2 Å². The Hall–Kier alpha value is -0.710. The van der Waals surface area contributed by atoms with Crippen LogP contribution in [0.2, 0.25) is 0 Å². The molecule has 0 saturated heterocycles. The van der Waals surface area contributed by atoms with Crippen LogP contribution < -0.4 is 0 Å². The fourth-order valence-electron chi connectivity index (χ4n) is 1.85. The van der Waals surface area contributed by atoms with Crippen LogP contribution in [0.15, 0.2) is 45.5 Å². The molecule has 0 fully saturated rings. The first-order valence-electron chi connectivity index (χ1n) is 6.08. The van der Waals surface area contributed by atoms with E-state index < -0.39 is 6.10 Å². The molecule has 1 N–H and O–H groups in total. The number of aliphatic hydroxyl groups excluding tert-OH is 1. The van der Waals surface area contributed by atoms with Gasteiger partial charge in [-0.15, -0.1) is 0 Å². The minimum atomic E-state index is -0.719. The predicted molar refractivity (Wildman–Crippen MR) is 84.2 cm³/mol. The molecule has 1 aromatic heterocycles. The summed E-state index contributed by atoms with van der Waals surface area (Å²) in [4.78, 5) is 4.27. The molecule has 1 atom stereocenters. The van der Waals surface area contributed by atoms with Gasteiger partial charge < -0.3 is 5.11 Å². The Morgan fingerprint density at radius 3 is 2.16 bits per heavy atom. The van der Waals surface area contributed by atoms with E-state index in [9.17, 15) is 5.11 Å². The molecule has 0 aliphatic rings. The minimum absolute atomic E-state index is 0.490. The monoisotopic (exact) mass is 383 g/mol. The summed E-state index contributed by atoms with van der Waals surface area (Å²) in [6.07, 6.45) is 0.968. The SMILES string of the molecule is CC(C)c1ccc(C(O)c2ncc(Br)cc2Br)cc1. The zero-order chi connectivity index (χ0) is 14.0. The molecule has 0 bridgehead atoms. The van der Waals surface area contributed by atoms with Crippen LogP contribution in [0.4, 0.5) is 0 Å². The lowest BCUT2D eigenvalue weighted by atomic mass is 9.99. The Morgan fingerprint density at radius 2 is 1.63 bits per heavy atom. The summed E-state index contributed by atoms with van der Waals surface area (Å²) in [5.41, 5.74) is 2.74. The summed E-state index contributed by atoms with van der Waals surface area (Å²) in [6.45, 7) is 4.30. The number of hydrogen-bond acceptors (Lipinski definition) is 2. The van der Waals surface area contributed by atoms with Gasteiger partial charge in [0.25, 0.3) is 0 Å². The maximum atomic E-state index is 10.4. The highest BCUT2D eigenvalue weighted by Crippen LogP contribution is 2.29. The van der Waals surface area contributed by atoms with Crippen LogP contribution in [-0.4, -0.2) is 10.1 Å². The molecule has 2 aromatic rings. The largest absolute Gasteiger partial charge is 0.382 e. The highest BCUT2D eigenvalue weighted by molar-refractivity contribution is 9.11. The van der Waals surface area contributed by atoms with E-state index in [1.165, 1.54) is 5.56 Å². The van der Waals surface area contributed by atoms with Gasteiger partial charge >= 0.3 is 0 Å². The lowest BCUT2D eigenvalue weighted by molar-refractivity contribution is 0.214. The summed E-state index contributed by atoms with van der Waals surface area (Å²) in [5.74, 6) is 0.490. The Bertz CT molecular complexity index is 567. The third-order valence-electron chi connectivity index (χ3n) is 3.01. The summed E-state index contributed by atoms with van der Waals surface area (Å²) in [6, 6.07) is 9.90. The number of hydrogen-bond donors (Lipinski definition) is 1. The Labute approximate surface area is 130 Å². The molecule has 0 aliphatic heterocycles. The number of nitrogens with zero attached hydrogens (tertiary/aromatic N) is 1. The van der Waals surface area contributed by atoms with Gasteiger partial charge in [-0.05, 0) is 55.0 Å². The first-order valence-corrected chi connectivity index (χ1v) is 7.66. The molecule has 4 heteroatoms. The second-order valence-electron chi connectivity index (χ2n) is 4.74. The molecule has 0 aliphatic carbocycles. The van der Waals surface area contributed by atoms with E-state index in [-0.39, 0.29) is 0 Å². The van der Waals surface area contributed by atoms with E-state index in [2.05, 4.69) is 62.8 Å². The van der Waals surface area contributed by atoms with E-state index in [1.54, 1.807) is 6.20 Å². The van der Waals surface area contributed by atoms with Gasteiger partial charge in [-0.1, -0.05) is 38.1 Å². The van der Waals surface area contributed by atoms with Gasteiger partial charge in [0.2, 0.25) is 0 Å². The van der Waals surface area contributed by atoms with Crippen LogP contribution in [0, 0.1) is 0 Å². The van der Waals surface area contributed by atoms with Gasteiger partial charge in [-0.3, -0.25) is 4.98 Å². The fourth-order valence-corrected chi connectivity index (χ4v) is 3.05. The van der Waals surface area contributed by atoms with E-state index in [0.29, 0.717) is 11.6 Å². The van der Waals surface area contributed by atoms with Crippen molar-refractivity contribution in [2.75, 3.05) is 0 Å². The molecule has 19 heavy (non-hydrogen) atoms. The number of pyridine rings is 1. The lowest BCUT2D eigenvalue weighted by Crippen LogP contribution is -2.03. The van der Waals surface area contributed by atoms with Gasteiger partial charge in [0.15, 0.2) is 0 Å². The number of halogens is 2. The average molecular weight is 385 g/mol. The zero-order valence-corrected chi connectivity index (χ0v) is 13.9. The molecular weight excluding hydrogens is 370 g/mol. The van der Waals surface area contributed by atoms with Crippen LogP contribution in [0.5, 0.6) is 0 Å². The topological polar surface area (TPSA) is 33.1 Å². The summed E-state index contributed by atoms with van der Waals surface area (Å²) >= 11 is 6.78. The van der Waals surface area contributed by atoms with Crippen LogP contribution in [0.25, 0.3) is 0 Å². The van der Waals surface area contributed by atoms with Crippen molar-refractivity contribution in [3.63, 3.8) is 0 Å². The first kappa shape index (κ1) is 14.7. The normalized spacial score (nSPS) is 12.7. The smallest absolute Gasteiger partial charge is 0.122 e. The highest BCUT2D eigenvalue weighted by Gasteiger charge is 2.15. The quantitative estimate of drug-likeness (QED) is 0.823. The Balaban J connectivity index is 2.30. The van der Waals surface area contributed by atoms with Gasteiger partial charge in [-0.25, -0.2) is 0 Å². The van der Waals surface area contributed by atoms with Crippen LogP contribution in [0.1, 0.15) is 42.7 Å². The third kappa shape index (κ3) is 3.44. The molecule has 2 rings (SSSR count). The second kappa shape index (κ2) is 6.16. The van der Waals surface area contributed by atoms with Crippen LogP contribution in [0.3, 0.4) is 0 Å². The molecule has 0 amide bonds. The molecule has 0 saturated carbocycles. The first-order chi connectivity index (χ1) is 8.99. The molecule has 100 valence electrons. The maximum absolute atomic E-state index is 10.4. The predicted octanol–water partition coefficient (Wildman–Crippen LogP) is 4.81. The standard InChI is InChI=1S/C15H15Br2NO/c1-9(2)10-3-5-11(6-4-10)15(19)14-13(17)7-12(16)8-18-14/h3-9,15,19H,1-2H3. The molecule has 1 unspecified atom stereocenters. The van der Waals surface area contributed by atoms with Gasteiger partial charge in [0.05, 0.1) is 5.69 Å². The van der Waals surface area contributed by atoms with Crippen molar-refractivity contribution >= 4 is 31.9 Å². The summed E-state index contributed by atoms with van der Waals surface area (Å²) < 4.78 is 1.67. The van der Waals surface area contributed by atoms with E-state index >= 15 is 0 Å². The average Bonchev–Trinajstić information content (AvgIpc) is 2.38. The van der Waals surface area contributed by atoms with Gasteiger partial charge in [-0.2, -0.15) is 0 Å². The van der Waals surface area contributed by atoms with Crippen molar-refractivity contribution in [3.8, 4) is 0 Å². The van der Waals surface area contributed by atoms with Crippen molar-refractivity contribution < 1.29 is 5.11 Å². The van der Waals surface area contributed by atoms with E-state index in [0.717, 1.165) is 14.5 Å².